The summed E-state index contributed by atoms with van der Waals surface area (Å²) in [5, 5.41) is 37.7. The molecule has 0 bridgehead atoms. The van der Waals surface area contributed by atoms with Gasteiger partial charge in [0, 0.05) is 7.05 Å². The summed E-state index contributed by atoms with van der Waals surface area (Å²) < 4.78 is 7.35. The standard InChI is InChI=1S/C18H23BN4O7/c1-22-9-21-6-12(22)15(20)17(25)23-7-11(8-23)30-13-3-2-10(4-5-19(28)29)16(24)14(13)18(26)27/h2-3,6,9,11,15,24,28-29H,4-5,7-8,20H2,1H3,(H,26,27). The molecule has 12 heteroatoms. The second kappa shape index (κ2) is 8.73. The summed E-state index contributed by atoms with van der Waals surface area (Å²) in [5.74, 6) is -2.18. The summed E-state index contributed by atoms with van der Waals surface area (Å²) in [6.07, 6.45) is 2.66. The van der Waals surface area contributed by atoms with E-state index in [1.54, 1.807) is 17.9 Å². The normalized spacial score (nSPS) is 14.9. The Morgan fingerprint density at radius 1 is 1.37 bits per heavy atom. The molecule has 11 nitrogen and oxygen atoms in total. The molecule has 160 valence electrons. The van der Waals surface area contributed by atoms with Gasteiger partial charge in [0.05, 0.1) is 31.3 Å². The number of carbonyl (C=O) groups is 2. The van der Waals surface area contributed by atoms with Crippen LogP contribution in [-0.2, 0) is 18.3 Å². The van der Waals surface area contributed by atoms with Gasteiger partial charge < -0.3 is 40.2 Å². The van der Waals surface area contributed by atoms with Gasteiger partial charge in [-0.2, -0.15) is 0 Å². The number of phenols is 1. The minimum Gasteiger partial charge on any atom is -0.507 e. The molecule has 30 heavy (non-hydrogen) atoms. The van der Waals surface area contributed by atoms with E-state index in [0.29, 0.717) is 5.69 Å². The lowest BCUT2D eigenvalue weighted by Gasteiger charge is -2.40. The van der Waals surface area contributed by atoms with Crippen LogP contribution in [0.25, 0.3) is 0 Å². The molecule has 0 aliphatic carbocycles. The van der Waals surface area contributed by atoms with Gasteiger partial charge in [-0.1, -0.05) is 6.07 Å². The highest BCUT2D eigenvalue weighted by atomic mass is 16.5. The van der Waals surface area contributed by atoms with Gasteiger partial charge >= 0.3 is 13.1 Å². The van der Waals surface area contributed by atoms with E-state index in [9.17, 15) is 19.8 Å². The third-order valence-corrected chi connectivity index (χ3v) is 5.00. The van der Waals surface area contributed by atoms with Crippen LogP contribution in [0.5, 0.6) is 11.5 Å². The fourth-order valence-electron chi connectivity index (χ4n) is 3.27. The Hall–Kier alpha value is -3.09. The first-order chi connectivity index (χ1) is 14.2. The molecule has 0 saturated carbocycles. The van der Waals surface area contributed by atoms with Gasteiger partial charge in [-0.05, 0) is 24.4 Å². The van der Waals surface area contributed by atoms with Crippen LogP contribution in [0.3, 0.4) is 0 Å². The molecule has 2 heterocycles. The van der Waals surface area contributed by atoms with Crippen molar-refractivity contribution in [2.75, 3.05) is 13.1 Å². The number of imidazole rings is 1. The SMILES string of the molecule is Cn1cncc1C(N)C(=O)N1CC(Oc2ccc(CCB(O)O)c(O)c2C(=O)O)C1. The fraction of sp³-hybridized carbons (Fsp3) is 0.389. The molecule has 6 N–H and O–H groups in total. The number of hydrogen-bond acceptors (Lipinski definition) is 8. The van der Waals surface area contributed by atoms with Crippen molar-refractivity contribution in [2.45, 2.75) is 24.9 Å². The number of carboxylic acids is 1. The molecule has 3 rings (SSSR count). The molecule has 0 spiro atoms. The van der Waals surface area contributed by atoms with Crippen molar-refractivity contribution in [2.24, 2.45) is 12.8 Å². The Morgan fingerprint density at radius 2 is 2.07 bits per heavy atom. The van der Waals surface area contributed by atoms with Gasteiger partial charge in [-0.15, -0.1) is 0 Å². The summed E-state index contributed by atoms with van der Waals surface area (Å²) in [6, 6.07) is 2.02. The topological polar surface area (TPSA) is 171 Å². The number of nitrogens with two attached hydrogens (primary N) is 1. The van der Waals surface area contributed by atoms with E-state index in [1.807, 2.05) is 0 Å². The maximum atomic E-state index is 12.5. The number of aromatic carboxylic acids is 1. The molecule has 1 aliphatic rings. The first kappa shape index (κ1) is 21.6. The highest BCUT2D eigenvalue weighted by Gasteiger charge is 2.36. The molecular formula is C18H23BN4O7. The molecular weight excluding hydrogens is 395 g/mol. The van der Waals surface area contributed by atoms with E-state index in [2.05, 4.69) is 4.98 Å². The lowest BCUT2D eigenvalue weighted by Crippen LogP contribution is -2.58. The zero-order chi connectivity index (χ0) is 22.0. The summed E-state index contributed by atoms with van der Waals surface area (Å²) >= 11 is 0. The van der Waals surface area contributed by atoms with Gasteiger partial charge in [0.15, 0.2) is 0 Å². The van der Waals surface area contributed by atoms with Crippen LogP contribution in [0.2, 0.25) is 6.32 Å². The third kappa shape index (κ3) is 4.40. The Kier molecular flexibility index (Phi) is 6.29. The summed E-state index contributed by atoms with van der Waals surface area (Å²) in [7, 11) is 0.173. The number of carbonyl (C=O) groups excluding carboxylic acids is 1. The lowest BCUT2D eigenvalue weighted by molar-refractivity contribution is -0.141. The third-order valence-electron chi connectivity index (χ3n) is 5.00. The number of benzene rings is 1. The maximum Gasteiger partial charge on any atom is 0.451 e. The number of aromatic nitrogens is 2. The highest BCUT2D eigenvalue weighted by Crippen LogP contribution is 2.34. The predicted molar refractivity (Wildman–Crippen MR) is 105 cm³/mol. The number of nitrogens with zero attached hydrogens (tertiary/aromatic N) is 3. The zero-order valence-electron chi connectivity index (χ0n) is 16.3. The first-order valence-corrected chi connectivity index (χ1v) is 9.30. The van der Waals surface area contributed by atoms with Crippen molar-refractivity contribution in [1.82, 2.24) is 14.5 Å². The van der Waals surface area contributed by atoms with Crippen LogP contribution in [0.4, 0.5) is 0 Å². The largest absolute Gasteiger partial charge is 0.507 e. The highest BCUT2D eigenvalue weighted by molar-refractivity contribution is 6.41. The second-order valence-electron chi connectivity index (χ2n) is 7.16. The molecule has 1 unspecified atom stereocenters. The molecule has 1 amide bonds. The van der Waals surface area contributed by atoms with Gasteiger partial charge in [0.2, 0.25) is 5.91 Å². The molecule has 1 aromatic carbocycles. The monoisotopic (exact) mass is 418 g/mol. The molecule has 1 aliphatic heterocycles. The second-order valence-corrected chi connectivity index (χ2v) is 7.16. The van der Waals surface area contributed by atoms with E-state index in [-0.39, 0.29) is 43.1 Å². The predicted octanol–water partition coefficient (Wildman–Crippen LogP) is -0.871. The van der Waals surface area contributed by atoms with Crippen molar-refractivity contribution in [3.8, 4) is 11.5 Å². The smallest absolute Gasteiger partial charge is 0.451 e. The summed E-state index contributed by atoms with van der Waals surface area (Å²) in [5.41, 5.74) is 6.44. The van der Waals surface area contributed by atoms with Crippen LogP contribution in [0.15, 0.2) is 24.7 Å². The molecule has 1 fully saturated rings. The first-order valence-electron chi connectivity index (χ1n) is 9.30. The Morgan fingerprint density at radius 3 is 2.63 bits per heavy atom. The number of hydrogen-bond donors (Lipinski definition) is 5. The molecule has 0 radical (unpaired) electrons. The number of carboxylic acid groups (broad SMARTS) is 1. The zero-order valence-corrected chi connectivity index (χ0v) is 16.3. The minimum atomic E-state index is -1.56. The Balaban J connectivity index is 1.65. The van der Waals surface area contributed by atoms with Gasteiger partial charge in [-0.3, -0.25) is 4.79 Å². The van der Waals surface area contributed by atoms with E-state index in [1.165, 1.54) is 23.2 Å². The van der Waals surface area contributed by atoms with Crippen molar-refractivity contribution in [3.63, 3.8) is 0 Å². The van der Waals surface area contributed by atoms with Crippen LogP contribution in [-0.4, -0.2) is 72.9 Å². The van der Waals surface area contributed by atoms with Crippen LogP contribution < -0.4 is 10.5 Å². The van der Waals surface area contributed by atoms with Crippen LogP contribution in [0.1, 0.15) is 27.7 Å². The van der Waals surface area contributed by atoms with Crippen LogP contribution in [0, 0.1) is 0 Å². The van der Waals surface area contributed by atoms with Crippen molar-refractivity contribution in [1.29, 1.82) is 0 Å². The lowest BCUT2D eigenvalue weighted by atomic mass is 9.82. The van der Waals surface area contributed by atoms with Gasteiger partial charge in [0.25, 0.3) is 0 Å². The van der Waals surface area contributed by atoms with Crippen molar-refractivity contribution in [3.05, 3.63) is 41.5 Å². The molecule has 2 aromatic rings. The number of amides is 1. The molecule has 1 aromatic heterocycles. The van der Waals surface area contributed by atoms with Crippen molar-refractivity contribution < 1.29 is 34.6 Å². The summed E-state index contributed by atoms with van der Waals surface area (Å²) in [4.78, 5) is 29.6. The Labute approximate surface area is 172 Å². The number of rotatable bonds is 8. The van der Waals surface area contributed by atoms with E-state index in [4.69, 9.17) is 20.5 Å². The van der Waals surface area contributed by atoms with Crippen molar-refractivity contribution >= 4 is 19.0 Å². The Bertz CT molecular complexity index is 943. The maximum absolute atomic E-state index is 12.5. The quantitative estimate of drug-likeness (QED) is 0.342. The average molecular weight is 418 g/mol. The van der Waals surface area contributed by atoms with Crippen LogP contribution >= 0.6 is 0 Å². The number of aromatic hydroxyl groups is 1. The fourth-order valence-corrected chi connectivity index (χ4v) is 3.27. The van der Waals surface area contributed by atoms with Gasteiger partial charge in [0.1, 0.15) is 29.2 Å². The molecule has 1 atom stereocenters. The summed E-state index contributed by atoms with van der Waals surface area (Å²) in [6.45, 7) is 0.450. The van der Waals surface area contributed by atoms with E-state index < -0.39 is 36.5 Å². The number of ether oxygens (including phenoxy) is 1. The van der Waals surface area contributed by atoms with Gasteiger partial charge in [-0.25, -0.2) is 9.78 Å². The number of aryl methyl sites for hydroxylation is 2. The average Bonchev–Trinajstić information content (AvgIpc) is 3.07. The van der Waals surface area contributed by atoms with E-state index >= 15 is 0 Å². The van der Waals surface area contributed by atoms with E-state index in [0.717, 1.165) is 0 Å². The number of likely N-dealkylation sites (tertiary alicyclic amines) is 1. The molecule has 1 saturated heterocycles. The minimum absolute atomic E-state index is 0.0265.